The number of nitrogens with one attached hydrogen (secondary N) is 1. The third-order valence-electron chi connectivity index (χ3n) is 3.69. The minimum Gasteiger partial charge on any atom is -0.378 e. The number of hydrogen-bond acceptors (Lipinski definition) is 3. The Balaban J connectivity index is 1.79. The molecule has 0 saturated carbocycles. The highest BCUT2D eigenvalue weighted by atomic mass is 16.5. The third-order valence-corrected chi connectivity index (χ3v) is 3.69. The van der Waals surface area contributed by atoms with Crippen LogP contribution in [0.5, 0.6) is 0 Å². The zero-order chi connectivity index (χ0) is 11.7. The number of H-pyrrole nitrogens is 1. The highest BCUT2D eigenvalue weighted by molar-refractivity contribution is 5.22. The van der Waals surface area contributed by atoms with Crippen molar-refractivity contribution in [3.63, 3.8) is 0 Å². The summed E-state index contributed by atoms with van der Waals surface area (Å²) in [5.41, 5.74) is 1.98. The Labute approximate surface area is 100 Å². The maximum absolute atomic E-state index is 11.8. The number of aryl methyl sites for hydroxylation is 1. The summed E-state index contributed by atoms with van der Waals surface area (Å²) in [4.78, 5) is 19.3. The standard InChI is InChI=1S/C13H18N2O2/c16-13-10-5-3-6-11(10)14-12(15-13)8-9-4-1-2-7-17-9/h9H,1-8H2,(H,14,15,16). The van der Waals surface area contributed by atoms with Crippen LogP contribution in [0.4, 0.5) is 0 Å². The Bertz CT molecular complexity index is 461. The topological polar surface area (TPSA) is 55.0 Å². The number of fused-ring (bicyclic) bond motifs is 1. The summed E-state index contributed by atoms with van der Waals surface area (Å²) in [6.45, 7) is 0.847. The van der Waals surface area contributed by atoms with Gasteiger partial charge in [0.2, 0.25) is 0 Å². The van der Waals surface area contributed by atoms with Gasteiger partial charge in [0.1, 0.15) is 5.82 Å². The van der Waals surface area contributed by atoms with Gasteiger partial charge < -0.3 is 9.72 Å². The van der Waals surface area contributed by atoms with E-state index in [1.54, 1.807) is 0 Å². The molecule has 0 bridgehead atoms. The second-order valence-electron chi connectivity index (χ2n) is 4.98. The number of ether oxygens (including phenoxy) is 1. The first kappa shape index (κ1) is 11.0. The van der Waals surface area contributed by atoms with Gasteiger partial charge in [0.15, 0.2) is 0 Å². The fourth-order valence-electron chi connectivity index (χ4n) is 2.77. The molecule has 1 fully saturated rings. The van der Waals surface area contributed by atoms with Crippen LogP contribution in [0.25, 0.3) is 0 Å². The van der Waals surface area contributed by atoms with E-state index in [-0.39, 0.29) is 11.7 Å². The van der Waals surface area contributed by atoms with Crippen LogP contribution >= 0.6 is 0 Å². The summed E-state index contributed by atoms with van der Waals surface area (Å²) in [7, 11) is 0. The molecule has 3 rings (SSSR count). The number of rotatable bonds is 2. The molecule has 17 heavy (non-hydrogen) atoms. The number of hydrogen-bond donors (Lipinski definition) is 1. The lowest BCUT2D eigenvalue weighted by Crippen LogP contribution is -2.25. The average molecular weight is 234 g/mol. The lowest BCUT2D eigenvalue weighted by molar-refractivity contribution is 0.0156. The van der Waals surface area contributed by atoms with Gasteiger partial charge in [-0.25, -0.2) is 4.98 Å². The van der Waals surface area contributed by atoms with Gasteiger partial charge >= 0.3 is 0 Å². The summed E-state index contributed by atoms with van der Waals surface area (Å²) in [5, 5.41) is 0. The van der Waals surface area contributed by atoms with Gasteiger partial charge in [-0.05, 0) is 38.5 Å². The molecule has 92 valence electrons. The first-order chi connectivity index (χ1) is 8.33. The molecule has 1 aliphatic heterocycles. The molecular weight excluding hydrogens is 216 g/mol. The van der Waals surface area contributed by atoms with Crippen LogP contribution in [0.15, 0.2) is 4.79 Å². The van der Waals surface area contributed by atoms with Crippen molar-refractivity contribution in [3.8, 4) is 0 Å². The summed E-state index contributed by atoms with van der Waals surface area (Å²) in [6.07, 6.45) is 7.37. The van der Waals surface area contributed by atoms with Gasteiger partial charge in [0.25, 0.3) is 5.56 Å². The zero-order valence-electron chi connectivity index (χ0n) is 10.00. The van der Waals surface area contributed by atoms with Gasteiger partial charge in [-0.1, -0.05) is 0 Å². The molecule has 2 heterocycles. The molecule has 1 N–H and O–H groups in total. The van der Waals surface area contributed by atoms with Crippen molar-refractivity contribution in [3.05, 3.63) is 27.4 Å². The van der Waals surface area contributed by atoms with Crippen LogP contribution in [0.2, 0.25) is 0 Å². The monoisotopic (exact) mass is 234 g/mol. The maximum Gasteiger partial charge on any atom is 0.254 e. The van der Waals surface area contributed by atoms with Gasteiger partial charge in [-0.3, -0.25) is 4.79 Å². The molecule has 1 aliphatic carbocycles. The minimum atomic E-state index is 0.0679. The lowest BCUT2D eigenvalue weighted by Gasteiger charge is -2.22. The molecule has 1 atom stereocenters. The van der Waals surface area contributed by atoms with Gasteiger partial charge in [0.05, 0.1) is 11.8 Å². The normalized spacial score (nSPS) is 23.6. The van der Waals surface area contributed by atoms with Crippen molar-refractivity contribution < 1.29 is 4.74 Å². The summed E-state index contributed by atoms with van der Waals surface area (Å²) < 4.78 is 5.68. The van der Waals surface area contributed by atoms with Crippen molar-refractivity contribution in [2.45, 2.75) is 51.0 Å². The molecule has 0 amide bonds. The van der Waals surface area contributed by atoms with Crippen LogP contribution in [-0.4, -0.2) is 22.7 Å². The van der Waals surface area contributed by atoms with E-state index in [4.69, 9.17) is 4.74 Å². The second-order valence-corrected chi connectivity index (χ2v) is 4.98. The molecule has 1 aromatic heterocycles. The second kappa shape index (κ2) is 4.61. The van der Waals surface area contributed by atoms with Crippen LogP contribution in [0.1, 0.15) is 42.8 Å². The Morgan fingerprint density at radius 2 is 2.24 bits per heavy atom. The molecule has 4 nitrogen and oxygen atoms in total. The van der Waals surface area contributed by atoms with E-state index in [1.807, 2.05) is 0 Å². The van der Waals surface area contributed by atoms with Gasteiger partial charge in [-0.2, -0.15) is 0 Å². The van der Waals surface area contributed by atoms with Crippen molar-refractivity contribution in [2.24, 2.45) is 0 Å². The average Bonchev–Trinajstić information content (AvgIpc) is 2.79. The Morgan fingerprint density at radius 3 is 3.06 bits per heavy atom. The fraction of sp³-hybridized carbons (Fsp3) is 0.692. The van der Waals surface area contributed by atoms with Crippen LogP contribution < -0.4 is 5.56 Å². The van der Waals surface area contributed by atoms with E-state index in [0.717, 1.165) is 62.2 Å². The summed E-state index contributed by atoms with van der Waals surface area (Å²) in [5.74, 6) is 0.808. The minimum absolute atomic E-state index is 0.0679. The van der Waals surface area contributed by atoms with Crippen molar-refractivity contribution in [2.75, 3.05) is 6.61 Å². The van der Waals surface area contributed by atoms with E-state index in [2.05, 4.69) is 9.97 Å². The van der Waals surface area contributed by atoms with Gasteiger partial charge in [0, 0.05) is 18.6 Å². The first-order valence-corrected chi connectivity index (χ1v) is 6.55. The SMILES string of the molecule is O=c1[nH]c(CC2CCCCO2)nc2c1CCC2. The van der Waals surface area contributed by atoms with Crippen molar-refractivity contribution in [1.82, 2.24) is 9.97 Å². The maximum atomic E-state index is 11.8. The van der Waals surface area contributed by atoms with E-state index >= 15 is 0 Å². The Hall–Kier alpha value is -1.16. The molecule has 0 aromatic carbocycles. The summed E-state index contributed by atoms with van der Waals surface area (Å²) in [6, 6.07) is 0. The molecule has 0 spiro atoms. The van der Waals surface area contributed by atoms with E-state index in [9.17, 15) is 4.79 Å². The molecule has 4 heteroatoms. The zero-order valence-corrected chi connectivity index (χ0v) is 10.00. The molecule has 1 saturated heterocycles. The summed E-state index contributed by atoms with van der Waals surface area (Å²) >= 11 is 0. The Morgan fingerprint density at radius 1 is 1.29 bits per heavy atom. The highest BCUT2D eigenvalue weighted by Gasteiger charge is 2.20. The smallest absolute Gasteiger partial charge is 0.254 e. The third kappa shape index (κ3) is 2.27. The molecule has 0 radical (unpaired) electrons. The number of aromatic nitrogens is 2. The van der Waals surface area contributed by atoms with E-state index in [0.29, 0.717) is 0 Å². The first-order valence-electron chi connectivity index (χ1n) is 6.55. The fourth-order valence-corrected chi connectivity index (χ4v) is 2.77. The van der Waals surface area contributed by atoms with E-state index in [1.165, 1.54) is 6.42 Å². The number of aromatic amines is 1. The van der Waals surface area contributed by atoms with E-state index < -0.39 is 0 Å². The van der Waals surface area contributed by atoms with Crippen LogP contribution in [0.3, 0.4) is 0 Å². The highest BCUT2D eigenvalue weighted by Crippen LogP contribution is 2.18. The Kier molecular flexibility index (Phi) is 2.97. The van der Waals surface area contributed by atoms with Crippen molar-refractivity contribution in [1.29, 1.82) is 0 Å². The van der Waals surface area contributed by atoms with Crippen LogP contribution in [-0.2, 0) is 24.0 Å². The molecular formula is C13H18N2O2. The molecule has 2 aliphatic rings. The number of nitrogens with zero attached hydrogens (tertiary/aromatic N) is 1. The molecule has 1 aromatic rings. The van der Waals surface area contributed by atoms with Crippen molar-refractivity contribution >= 4 is 0 Å². The van der Waals surface area contributed by atoms with Gasteiger partial charge in [-0.15, -0.1) is 0 Å². The lowest BCUT2D eigenvalue weighted by atomic mass is 10.1. The molecule has 1 unspecified atom stereocenters. The predicted molar refractivity (Wildman–Crippen MR) is 64.2 cm³/mol. The largest absolute Gasteiger partial charge is 0.378 e. The van der Waals surface area contributed by atoms with Crippen LogP contribution in [0, 0.1) is 0 Å². The quantitative estimate of drug-likeness (QED) is 0.841. The predicted octanol–water partition coefficient (Wildman–Crippen LogP) is 1.37.